The van der Waals surface area contributed by atoms with E-state index in [0.29, 0.717) is 6.42 Å². The number of carbonyl (C=O) groups is 1. The molecule has 12 heavy (non-hydrogen) atoms. The summed E-state index contributed by atoms with van der Waals surface area (Å²) in [5, 5.41) is 9.05. The van der Waals surface area contributed by atoms with Gasteiger partial charge in [-0.05, 0) is 26.7 Å². The lowest BCUT2D eigenvalue weighted by atomic mass is 9.63. The molecule has 0 aliphatic heterocycles. The number of aliphatic carboxylic acids is 1. The van der Waals surface area contributed by atoms with Crippen LogP contribution < -0.4 is 5.73 Å². The zero-order chi connectivity index (χ0) is 9.41. The molecule has 2 atom stereocenters. The van der Waals surface area contributed by atoms with Gasteiger partial charge in [0.25, 0.3) is 0 Å². The van der Waals surface area contributed by atoms with E-state index in [9.17, 15) is 4.79 Å². The van der Waals surface area contributed by atoms with Gasteiger partial charge >= 0.3 is 5.97 Å². The SMILES string of the molecule is CC1(N)CCCCC1(C)C(=O)O. The summed E-state index contributed by atoms with van der Waals surface area (Å²) in [6.07, 6.45) is 3.55. The van der Waals surface area contributed by atoms with Crippen LogP contribution in [0.1, 0.15) is 39.5 Å². The van der Waals surface area contributed by atoms with Crippen molar-refractivity contribution in [1.29, 1.82) is 0 Å². The van der Waals surface area contributed by atoms with Gasteiger partial charge in [-0.15, -0.1) is 0 Å². The van der Waals surface area contributed by atoms with Gasteiger partial charge in [-0.2, -0.15) is 0 Å². The van der Waals surface area contributed by atoms with Gasteiger partial charge in [-0.3, -0.25) is 4.79 Å². The Hall–Kier alpha value is -0.570. The summed E-state index contributed by atoms with van der Waals surface area (Å²) < 4.78 is 0. The molecule has 0 spiro atoms. The Labute approximate surface area is 72.9 Å². The molecular weight excluding hydrogens is 154 g/mol. The summed E-state index contributed by atoms with van der Waals surface area (Å²) in [5.41, 5.74) is 4.70. The summed E-state index contributed by atoms with van der Waals surface area (Å²) in [6, 6.07) is 0. The van der Waals surface area contributed by atoms with Gasteiger partial charge in [0.15, 0.2) is 0 Å². The Morgan fingerprint density at radius 1 is 1.33 bits per heavy atom. The van der Waals surface area contributed by atoms with Gasteiger partial charge in [0, 0.05) is 5.54 Å². The first kappa shape index (κ1) is 9.52. The fourth-order valence-electron chi connectivity index (χ4n) is 1.88. The molecular formula is C9H17NO2. The average Bonchev–Trinajstić information content (AvgIpc) is 1.95. The predicted octanol–water partition coefficient (Wildman–Crippen LogP) is 1.37. The van der Waals surface area contributed by atoms with Crippen LogP contribution in [0, 0.1) is 5.41 Å². The summed E-state index contributed by atoms with van der Waals surface area (Å²) >= 11 is 0. The normalized spacial score (nSPS) is 42.6. The van der Waals surface area contributed by atoms with Crippen LogP contribution in [0.4, 0.5) is 0 Å². The molecule has 0 bridgehead atoms. The van der Waals surface area contributed by atoms with Gasteiger partial charge in [-0.25, -0.2) is 0 Å². The maximum Gasteiger partial charge on any atom is 0.311 e. The first-order chi connectivity index (χ1) is 5.40. The second-order valence-electron chi connectivity index (χ2n) is 4.26. The van der Waals surface area contributed by atoms with Gasteiger partial charge < -0.3 is 10.8 Å². The summed E-state index contributed by atoms with van der Waals surface area (Å²) in [6.45, 7) is 3.61. The fourth-order valence-corrected chi connectivity index (χ4v) is 1.88. The Morgan fingerprint density at radius 3 is 2.17 bits per heavy atom. The molecule has 1 saturated carbocycles. The third kappa shape index (κ3) is 1.22. The van der Waals surface area contributed by atoms with Crippen LogP contribution in [-0.2, 0) is 4.79 Å². The molecule has 0 radical (unpaired) electrons. The molecule has 0 heterocycles. The molecule has 0 aromatic heterocycles. The molecule has 70 valence electrons. The van der Waals surface area contributed by atoms with Crippen LogP contribution in [0.2, 0.25) is 0 Å². The molecule has 1 fully saturated rings. The van der Waals surface area contributed by atoms with Crippen molar-refractivity contribution < 1.29 is 9.90 Å². The van der Waals surface area contributed by atoms with Crippen molar-refractivity contribution in [3.8, 4) is 0 Å². The van der Waals surface area contributed by atoms with E-state index in [4.69, 9.17) is 10.8 Å². The Morgan fingerprint density at radius 2 is 1.83 bits per heavy atom. The molecule has 0 aromatic carbocycles. The molecule has 2 unspecified atom stereocenters. The molecule has 0 amide bonds. The predicted molar refractivity (Wildman–Crippen MR) is 46.8 cm³/mol. The van der Waals surface area contributed by atoms with Crippen molar-refractivity contribution >= 4 is 5.97 Å². The van der Waals surface area contributed by atoms with E-state index in [1.165, 1.54) is 0 Å². The zero-order valence-corrected chi connectivity index (χ0v) is 7.76. The van der Waals surface area contributed by atoms with Crippen LogP contribution in [-0.4, -0.2) is 16.6 Å². The molecule has 0 saturated heterocycles. The van der Waals surface area contributed by atoms with Crippen molar-refractivity contribution in [2.75, 3.05) is 0 Å². The highest BCUT2D eigenvalue weighted by Gasteiger charge is 2.49. The van der Waals surface area contributed by atoms with E-state index < -0.39 is 16.9 Å². The Balaban J connectivity index is 2.91. The van der Waals surface area contributed by atoms with Crippen molar-refractivity contribution in [2.45, 2.75) is 45.1 Å². The quantitative estimate of drug-likeness (QED) is 0.626. The molecule has 3 heteroatoms. The number of nitrogens with two attached hydrogens (primary N) is 1. The van der Waals surface area contributed by atoms with Gasteiger partial charge in [-0.1, -0.05) is 12.8 Å². The van der Waals surface area contributed by atoms with E-state index in [0.717, 1.165) is 19.3 Å². The number of carboxylic acid groups (broad SMARTS) is 1. The lowest BCUT2D eigenvalue weighted by molar-refractivity contribution is -0.154. The first-order valence-corrected chi connectivity index (χ1v) is 4.42. The van der Waals surface area contributed by atoms with E-state index in [1.807, 2.05) is 6.92 Å². The van der Waals surface area contributed by atoms with E-state index in [1.54, 1.807) is 6.92 Å². The lowest BCUT2D eigenvalue weighted by Crippen LogP contribution is -2.57. The second-order valence-corrected chi connectivity index (χ2v) is 4.26. The standard InChI is InChI=1S/C9H17NO2/c1-8(7(11)12)5-3-4-6-9(8,2)10/h3-6,10H2,1-2H3,(H,11,12). The maximum atomic E-state index is 11.0. The minimum Gasteiger partial charge on any atom is -0.481 e. The number of hydrogen-bond donors (Lipinski definition) is 2. The first-order valence-electron chi connectivity index (χ1n) is 4.42. The van der Waals surface area contributed by atoms with Crippen molar-refractivity contribution in [2.24, 2.45) is 11.1 Å². The zero-order valence-electron chi connectivity index (χ0n) is 7.76. The largest absolute Gasteiger partial charge is 0.481 e. The summed E-state index contributed by atoms with van der Waals surface area (Å²) in [7, 11) is 0. The fraction of sp³-hybridized carbons (Fsp3) is 0.889. The maximum absolute atomic E-state index is 11.0. The minimum absolute atomic E-state index is 0.545. The van der Waals surface area contributed by atoms with Crippen LogP contribution >= 0.6 is 0 Å². The molecule has 1 rings (SSSR count). The van der Waals surface area contributed by atoms with Crippen molar-refractivity contribution in [1.82, 2.24) is 0 Å². The van der Waals surface area contributed by atoms with Crippen molar-refractivity contribution in [3.05, 3.63) is 0 Å². The molecule has 1 aliphatic carbocycles. The highest BCUT2D eigenvalue weighted by atomic mass is 16.4. The lowest BCUT2D eigenvalue weighted by Gasteiger charge is -2.44. The van der Waals surface area contributed by atoms with E-state index >= 15 is 0 Å². The van der Waals surface area contributed by atoms with Crippen LogP contribution in [0.3, 0.4) is 0 Å². The second kappa shape index (κ2) is 2.73. The van der Waals surface area contributed by atoms with E-state index in [2.05, 4.69) is 0 Å². The van der Waals surface area contributed by atoms with Gasteiger partial charge in [0.05, 0.1) is 5.41 Å². The Bertz CT molecular complexity index is 201. The minimum atomic E-state index is -0.757. The third-order valence-electron chi connectivity index (χ3n) is 3.36. The van der Waals surface area contributed by atoms with Crippen LogP contribution in [0.15, 0.2) is 0 Å². The topological polar surface area (TPSA) is 63.3 Å². The van der Waals surface area contributed by atoms with Crippen LogP contribution in [0.5, 0.6) is 0 Å². The van der Waals surface area contributed by atoms with E-state index in [-0.39, 0.29) is 0 Å². The summed E-state index contributed by atoms with van der Waals surface area (Å²) in [5.74, 6) is -0.757. The highest BCUT2D eigenvalue weighted by molar-refractivity contribution is 5.76. The monoisotopic (exact) mass is 171 g/mol. The number of carboxylic acids is 1. The molecule has 3 N–H and O–H groups in total. The third-order valence-corrected chi connectivity index (χ3v) is 3.36. The smallest absolute Gasteiger partial charge is 0.311 e. The molecule has 3 nitrogen and oxygen atoms in total. The summed E-state index contributed by atoms with van der Waals surface area (Å²) in [4.78, 5) is 11.0. The molecule has 1 aliphatic rings. The Kier molecular flexibility index (Phi) is 2.17. The average molecular weight is 171 g/mol. The van der Waals surface area contributed by atoms with Crippen LogP contribution in [0.25, 0.3) is 0 Å². The van der Waals surface area contributed by atoms with Crippen molar-refractivity contribution in [3.63, 3.8) is 0 Å². The number of rotatable bonds is 1. The van der Waals surface area contributed by atoms with Gasteiger partial charge in [0.1, 0.15) is 0 Å². The molecule has 0 aromatic rings. The highest BCUT2D eigenvalue weighted by Crippen LogP contribution is 2.42. The van der Waals surface area contributed by atoms with Gasteiger partial charge in [0.2, 0.25) is 0 Å². The number of hydrogen-bond acceptors (Lipinski definition) is 2.